The van der Waals surface area contributed by atoms with E-state index >= 15 is 0 Å². The fraction of sp³-hybridized carbons (Fsp3) is 0.304. The van der Waals surface area contributed by atoms with E-state index in [1.165, 1.54) is 9.99 Å². The van der Waals surface area contributed by atoms with Gasteiger partial charge in [-0.1, -0.05) is 30.3 Å². The number of hydrogen-bond acceptors (Lipinski definition) is 5. The second kappa shape index (κ2) is 7.94. The quantitative estimate of drug-likeness (QED) is 0.627. The average Bonchev–Trinajstić information content (AvgIpc) is 2.78. The third kappa shape index (κ3) is 3.66. The van der Waals surface area contributed by atoms with E-state index in [-0.39, 0.29) is 29.8 Å². The Morgan fingerprint density at radius 3 is 2.39 bits per heavy atom. The van der Waals surface area contributed by atoms with Crippen molar-refractivity contribution in [3.05, 3.63) is 67.0 Å². The summed E-state index contributed by atoms with van der Waals surface area (Å²) >= 11 is 0. The third-order valence-corrected chi connectivity index (χ3v) is 8.06. The lowest BCUT2D eigenvalue weighted by Gasteiger charge is -2.42. The van der Waals surface area contributed by atoms with E-state index in [2.05, 4.69) is 22.0 Å². The van der Waals surface area contributed by atoms with Crippen molar-refractivity contribution in [2.75, 3.05) is 44.2 Å². The maximum absolute atomic E-state index is 13.1. The number of anilines is 1. The van der Waals surface area contributed by atoms with Crippen LogP contribution in [0.5, 0.6) is 0 Å². The minimum absolute atomic E-state index is 0.0567. The van der Waals surface area contributed by atoms with Crippen LogP contribution >= 0.6 is 0 Å². The molecule has 160 valence electrons. The van der Waals surface area contributed by atoms with Crippen molar-refractivity contribution in [2.24, 2.45) is 5.92 Å². The molecule has 2 saturated heterocycles. The molecule has 7 nitrogen and oxygen atoms in total. The molecule has 8 heteroatoms. The van der Waals surface area contributed by atoms with Gasteiger partial charge >= 0.3 is 0 Å². The van der Waals surface area contributed by atoms with Gasteiger partial charge in [0.25, 0.3) is 0 Å². The Morgan fingerprint density at radius 1 is 0.903 bits per heavy atom. The van der Waals surface area contributed by atoms with Crippen LogP contribution in [0.4, 0.5) is 5.69 Å². The number of sulfonamides is 1. The number of rotatable bonds is 4. The van der Waals surface area contributed by atoms with Crippen molar-refractivity contribution >= 4 is 32.4 Å². The SMILES string of the molecule is O=C(C1CN(S(=O)(=O)c2cccc3cnccc23)C1)N1CCN(c2ccccc2)CC1. The first-order valence-corrected chi connectivity index (χ1v) is 11.9. The Labute approximate surface area is 181 Å². The van der Waals surface area contributed by atoms with Crippen LogP contribution in [0.3, 0.4) is 0 Å². The minimum Gasteiger partial charge on any atom is -0.368 e. The Bertz CT molecular complexity index is 1200. The zero-order valence-electron chi connectivity index (χ0n) is 17.1. The number of benzene rings is 2. The van der Waals surface area contributed by atoms with Crippen LogP contribution in [0, 0.1) is 5.92 Å². The van der Waals surface area contributed by atoms with Gasteiger partial charge in [0.15, 0.2) is 0 Å². The Balaban J connectivity index is 1.22. The average molecular weight is 437 g/mol. The van der Waals surface area contributed by atoms with Gasteiger partial charge in [0, 0.05) is 68.1 Å². The molecule has 2 aliphatic rings. The number of amides is 1. The van der Waals surface area contributed by atoms with Gasteiger partial charge in [0.2, 0.25) is 15.9 Å². The minimum atomic E-state index is -3.64. The van der Waals surface area contributed by atoms with Crippen molar-refractivity contribution < 1.29 is 13.2 Å². The molecule has 0 N–H and O–H groups in total. The molecule has 3 aromatic rings. The Morgan fingerprint density at radius 2 is 1.65 bits per heavy atom. The first-order valence-electron chi connectivity index (χ1n) is 10.5. The molecule has 3 heterocycles. The monoisotopic (exact) mass is 436 g/mol. The Kier molecular flexibility index (Phi) is 5.11. The van der Waals surface area contributed by atoms with Crippen molar-refractivity contribution in [3.63, 3.8) is 0 Å². The predicted molar refractivity (Wildman–Crippen MR) is 119 cm³/mol. The number of para-hydroxylation sites is 1. The maximum atomic E-state index is 13.1. The molecule has 2 aliphatic heterocycles. The molecular weight excluding hydrogens is 412 g/mol. The topological polar surface area (TPSA) is 73.8 Å². The molecule has 0 saturated carbocycles. The number of piperazine rings is 1. The molecule has 0 atom stereocenters. The van der Waals surface area contributed by atoms with Crippen LogP contribution in [0.2, 0.25) is 0 Å². The molecule has 2 aromatic carbocycles. The first-order chi connectivity index (χ1) is 15.0. The number of fused-ring (bicyclic) bond motifs is 1. The zero-order valence-corrected chi connectivity index (χ0v) is 17.9. The number of aromatic nitrogens is 1. The van der Waals surface area contributed by atoms with Gasteiger partial charge in [0.05, 0.1) is 10.8 Å². The van der Waals surface area contributed by atoms with Crippen LogP contribution in [-0.2, 0) is 14.8 Å². The van der Waals surface area contributed by atoms with Gasteiger partial charge in [-0.25, -0.2) is 8.42 Å². The number of nitrogens with zero attached hydrogens (tertiary/aromatic N) is 4. The van der Waals surface area contributed by atoms with Crippen molar-refractivity contribution in [1.82, 2.24) is 14.2 Å². The molecular formula is C23H24N4O3S. The van der Waals surface area contributed by atoms with Crippen LogP contribution in [0.25, 0.3) is 10.8 Å². The molecule has 2 fully saturated rings. The summed E-state index contributed by atoms with van der Waals surface area (Å²) in [6.45, 7) is 3.37. The zero-order chi connectivity index (χ0) is 21.4. The fourth-order valence-corrected chi connectivity index (χ4v) is 6.07. The summed E-state index contributed by atoms with van der Waals surface area (Å²) < 4.78 is 27.7. The van der Waals surface area contributed by atoms with Gasteiger partial charge < -0.3 is 9.80 Å². The van der Waals surface area contributed by atoms with E-state index in [4.69, 9.17) is 0 Å². The summed E-state index contributed by atoms with van der Waals surface area (Å²) in [7, 11) is -3.64. The molecule has 5 rings (SSSR count). The largest absolute Gasteiger partial charge is 0.368 e. The second-order valence-corrected chi connectivity index (χ2v) is 9.93. The third-order valence-electron chi connectivity index (χ3n) is 6.17. The molecule has 0 radical (unpaired) electrons. The van der Waals surface area contributed by atoms with E-state index in [0.717, 1.165) is 18.5 Å². The molecule has 1 aromatic heterocycles. The highest BCUT2D eigenvalue weighted by molar-refractivity contribution is 7.89. The van der Waals surface area contributed by atoms with E-state index in [1.807, 2.05) is 29.2 Å². The smallest absolute Gasteiger partial charge is 0.243 e. The summed E-state index contributed by atoms with van der Waals surface area (Å²) in [6.07, 6.45) is 3.25. The predicted octanol–water partition coefficient (Wildman–Crippen LogP) is 2.20. The van der Waals surface area contributed by atoms with Gasteiger partial charge in [-0.2, -0.15) is 4.31 Å². The molecule has 0 bridgehead atoms. The lowest BCUT2D eigenvalue weighted by Crippen LogP contribution is -2.59. The number of carbonyl (C=O) groups is 1. The maximum Gasteiger partial charge on any atom is 0.243 e. The Hall–Kier alpha value is -2.97. The van der Waals surface area contributed by atoms with Crippen molar-refractivity contribution in [1.29, 1.82) is 0 Å². The standard InChI is InChI=1S/C23H24N4O3S/c28-23(26-13-11-25(12-14-26)20-6-2-1-3-7-20)19-16-27(17-19)31(29,30)22-8-4-5-18-15-24-10-9-21(18)22/h1-10,15,19H,11-14,16-17H2. The van der Waals surface area contributed by atoms with Gasteiger partial charge in [-0.3, -0.25) is 9.78 Å². The van der Waals surface area contributed by atoms with Gasteiger partial charge in [-0.15, -0.1) is 0 Å². The van der Waals surface area contributed by atoms with E-state index in [1.54, 1.807) is 30.6 Å². The van der Waals surface area contributed by atoms with Crippen molar-refractivity contribution in [3.8, 4) is 0 Å². The van der Waals surface area contributed by atoms with Crippen molar-refractivity contribution in [2.45, 2.75) is 4.90 Å². The summed E-state index contributed by atoms with van der Waals surface area (Å²) in [5.41, 5.74) is 1.17. The second-order valence-electron chi connectivity index (χ2n) is 8.02. The van der Waals surface area contributed by atoms with Crippen LogP contribution in [-0.4, -0.2) is 67.8 Å². The molecule has 0 spiro atoms. The molecule has 0 aliphatic carbocycles. The van der Waals surface area contributed by atoms with E-state index < -0.39 is 10.0 Å². The molecule has 1 amide bonds. The summed E-state index contributed by atoms with van der Waals surface area (Å²) in [6, 6.07) is 17.1. The van der Waals surface area contributed by atoms with E-state index in [0.29, 0.717) is 18.5 Å². The number of pyridine rings is 1. The van der Waals surface area contributed by atoms with Crippen LogP contribution in [0.15, 0.2) is 71.9 Å². The highest BCUT2D eigenvalue weighted by atomic mass is 32.2. The lowest BCUT2D eigenvalue weighted by atomic mass is 10.0. The summed E-state index contributed by atoms with van der Waals surface area (Å²) in [4.78, 5) is 21.4. The normalized spacial score (nSPS) is 18.2. The van der Waals surface area contributed by atoms with Gasteiger partial charge in [0.1, 0.15) is 0 Å². The lowest BCUT2D eigenvalue weighted by molar-refractivity contribution is -0.139. The first kappa shape index (κ1) is 20.0. The van der Waals surface area contributed by atoms with Crippen LogP contribution in [0.1, 0.15) is 0 Å². The number of carbonyl (C=O) groups excluding carboxylic acids is 1. The highest BCUT2D eigenvalue weighted by Gasteiger charge is 2.42. The molecule has 0 unspecified atom stereocenters. The fourth-order valence-electron chi connectivity index (χ4n) is 4.33. The molecule has 31 heavy (non-hydrogen) atoms. The van der Waals surface area contributed by atoms with Crippen LogP contribution < -0.4 is 4.90 Å². The van der Waals surface area contributed by atoms with Gasteiger partial charge in [-0.05, 0) is 24.3 Å². The summed E-state index contributed by atoms with van der Waals surface area (Å²) in [5.74, 6) is -0.212. The summed E-state index contributed by atoms with van der Waals surface area (Å²) in [5, 5.41) is 1.44. The van der Waals surface area contributed by atoms with E-state index in [9.17, 15) is 13.2 Å². The highest BCUT2D eigenvalue weighted by Crippen LogP contribution is 2.30. The number of hydrogen-bond donors (Lipinski definition) is 0.